The van der Waals surface area contributed by atoms with Crippen LogP contribution >= 0.6 is 24.8 Å². The van der Waals surface area contributed by atoms with Gasteiger partial charge in [-0.2, -0.15) is 0 Å². The minimum absolute atomic E-state index is 0.0608. The maximum Gasteiger partial charge on any atom is 0.128 e. The van der Waals surface area contributed by atoms with Gasteiger partial charge in [0.1, 0.15) is 22.6 Å². The lowest BCUT2D eigenvalue weighted by Gasteiger charge is -2.25. The molecule has 0 spiro atoms. The number of hydrogen-bond donors (Lipinski definition) is 8. The predicted octanol–water partition coefficient (Wildman–Crippen LogP) is -1.63. The second-order valence-corrected chi connectivity index (χ2v) is 5.98. The highest BCUT2D eigenvalue weighted by atomic mass is 32.1. The van der Waals surface area contributed by atoms with E-state index >= 15 is 0 Å². The standard InChI is InChI=1S/C13H21NO5.CH3NS2/c15-8-11(17)13(19)12(18)10(16)7-14-6-9-4-2-1-3-5-9;2-1(3)4/h1-5,10-19H,6-8H2;(H3,2,3,4)/t10-,11+,12+,13+;/m0./s1. The van der Waals surface area contributed by atoms with Gasteiger partial charge in [-0.1, -0.05) is 42.5 Å². The van der Waals surface area contributed by atoms with E-state index in [9.17, 15) is 15.3 Å². The molecule has 0 aliphatic carbocycles. The van der Waals surface area contributed by atoms with Crippen molar-refractivity contribution in [2.75, 3.05) is 13.2 Å². The van der Waals surface area contributed by atoms with Crippen LogP contribution in [0.15, 0.2) is 30.3 Å². The van der Waals surface area contributed by atoms with Gasteiger partial charge in [-0.25, -0.2) is 0 Å². The molecular formula is C14H24N2O5S2. The van der Waals surface area contributed by atoms with Crippen molar-refractivity contribution >= 4 is 29.2 Å². The van der Waals surface area contributed by atoms with Crippen molar-refractivity contribution in [2.45, 2.75) is 31.0 Å². The van der Waals surface area contributed by atoms with Crippen molar-refractivity contribution in [3.8, 4) is 0 Å². The third-order valence-electron chi connectivity index (χ3n) is 2.85. The van der Waals surface area contributed by atoms with Gasteiger partial charge in [-0.05, 0) is 5.56 Å². The van der Waals surface area contributed by atoms with Crippen molar-refractivity contribution in [1.82, 2.24) is 5.32 Å². The number of hydrogen-bond acceptors (Lipinski definition) is 7. The average molecular weight is 364 g/mol. The van der Waals surface area contributed by atoms with E-state index in [0.29, 0.717) is 6.54 Å². The fourth-order valence-corrected chi connectivity index (χ4v) is 1.64. The normalized spacial score (nSPS) is 15.7. The van der Waals surface area contributed by atoms with E-state index in [0.717, 1.165) is 5.56 Å². The highest BCUT2D eigenvalue weighted by Crippen LogP contribution is 2.05. The van der Waals surface area contributed by atoms with E-state index in [1.54, 1.807) is 0 Å². The van der Waals surface area contributed by atoms with E-state index in [2.05, 4.69) is 30.2 Å². The molecule has 0 amide bonds. The summed E-state index contributed by atoms with van der Waals surface area (Å²) in [7, 11) is 0. The first-order valence-electron chi connectivity index (χ1n) is 6.85. The first-order chi connectivity index (χ1) is 10.8. The molecule has 1 aromatic rings. The number of thiol groups is 1. The molecular weight excluding hydrogens is 340 g/mol. The summed E-state index contributed by atoms with van der Waals surface area (Å²) in [6.45, 7) is -0.100. The Bertz CT molecular complexity index is 434. The van der Waals surface area contributed by atoms with Crippen LogP contribution in [-0.2, 0) is 6.54 Å². The number of aliphatic hydroxyl groups is 5. The van der Waals surface area contributed by atoms with E-state index in [1.807, 2.05) is 30.3 Å². The van der Waals surface area contributed by atoms with Crippen LogP contribution < -0.4 is 11.1 Å². The van der Waals surface area contributed by atoms with E-state index in [1.165, 1.54) is 0 Å². The minimum Gasteiger partial charge on any atom is -0.394 e. The van der Waals surface area contributed by atoms with Gasteiger partial charge >= 0.3 is 0 Å². The molecule has 1 aromatic carbocycles. The molecule has 0 aliphatic heterocycles. The molecule has 0 radical (unpaired) electrons. The molecule has 4 atom stereocenters. The number of aliphatic hydroxyl groups excluding tert-OH is 5. The van der Waals surface area contributed by atoms with E-state index in [4.69, 9.17) is 15.9 Å². The lowest BCUT2D eigenvalue weighted by atomic mass is 10.0. The zero-order chi connectivity index (χ0) is 17.8. The molecule has 0 unspecified atom stereocenters. The fraction of sp³-hybridized carbons (Fsp3) is 0.500. The Labute approximate surface area is 146 Å². The molecule has 0 saturated heterocycles. The summed E-state index contributed by atoms with van der Waals surface area (Å²) in [6, 6.07) is 9.52. The van der Waals surface area contributed by atoms with Crippen LogP contribution in [0.5, 0.6) is 0 Å². The monoisotopic (exact) mass is 364 g/mol. The Kier molecular flexibility index (Phi) is 12.2. The summed E-state index contributed by atoms with van der Waals surface area (Å²) >= 11 is 7.65. The second kappa shape index (κ2) is 12.6. The Hall–Kier alpha value is -0.780. The Morgan fingerprint density at radius 2 is 1.57 bits per heavy atom. The van der Waals surface area contributed by atoms with Gasteiger partial charge in [0, 0.05) is 13.1 Å². The third kappa shape index (κ3) is 10.6. The van der Waals surface area contributed by atoms with Crippen molar-refractivity contribution in [3.63, 3.8) is 0 Å². The van der Waals surface area contributed by atoms with Crippen LogP contribution in [0, 0.1) is 0 Å². The SMILES string of the molecule is NC(=S)S.OC[C@@H](O)[C@@H](O)[C@H](O)[C@@H](O)CNCc1ccccc1. The summed E-state index contributed by atoms with van der Waals surface area (Å²) in [5, 5.41) is 49.4. The number of nitrogens with two attached hydrogens (primary N) is 1. The molecule has 8 N–H and O–H groups in total. The van der Waals surface area contributed by atoms with Crippen LogP contribution in [0.25, 0.3) is 0 Å². The second-order valence-electron chi connectivity index (χ2n) is 4.75. The lowest BCUT2D eigenvalue weighted by molar-refractivity contribution is -0.114. The topological polar surface area (TPSA) is 139 Å². The Morgan fingerprint density at radius 3 is 2.04 bits per heavy atom. The van der Waals surface area contributed by atoms with E-state index in [-0.39, 0.29) is 10.9 Å². The maximum absolute atomic E-state index is 9.65. The smallest absolute Gasteiger partial charge is 0.128 e. The van der Waals surface area contributed by atoms with Gasteiger partial charge in [-0.15, -0.1) is 12.6 Å². The molecule has 0 bridgehead atoms. The zero-order valence-electron chi connectivity index (χ0n) is 12.5. The average Bonchev–Trinajstić information content (AvgIpc) is 2.53. The van der Waals surface area contributed by atoms with Gasteiger partial charge in [0.2, 0.25) is 0 Å². The summed E-state index contributed by atoms with van der Waals surface area (Å²) in [6.07, 6.45) is -5.82. The Balaban J connectivity index is 0.00000108. The lowest BCUT2D eigenvalue weighted by Crippen LogP contribution is -2.48. The van der Waals surface area contributed by atoms with Gasteiger partial charge in [0.05, 0.1) is 12.7 Å². The van der Waals surface area contributed by atoms with Crippen LogP contribution in [0.2, 0.25) is 0 Å². The molecule has 1 rings (SSSR count). The Morgan fingerprint density at radius 1 is 1.09 bits per heavy atom. The molecule has 0 heterocycles. The van der Waals surface area contributed by atoms with Crippen LogP contribution in [0.3, 0.4) is 0 Å². The van der Waals surface area contributed by atoms with Crippen LogP contribution in [0.4, 0.5) is 0 Å². The summed E-state index contributed by atoms with van der Waals surface area (Å²) in [5.41, 5.74) is 5.73. The minimum atomic E-state index is -1.58. The van der Waals surface area contributed by atoms with Gasteiger partial charge in [0.25, 0.3) is 0 Å². The predicted molar refractivity (Wildman–Crippen MR) is 95.0 cm³/mol. The number of nitrogens with one attached hydrogen (secondary N) is 1. The largest absolute Gasteiger partial charge is 0.394 e. The van der Waals surface area contributed by atoms with Crippen molar-refractivity contribution < 1.29 is 25.5 Å². The zero-order valence-corrected chi connectivity index (χ0v) is 14.2. The highest BCUT2D eigenvalue weighted by molar-refractivity contribution is 8.10. The van der Waals surface area contributed by atoms with Crippen molar-refractivity contribution in [2.24, 2.45) is 5.73 Å². The fourth-order valence-electron chi connectivity index (χ4n) is 1.64. The number of rotatable bonds is 8. The molecule has 23 heavy (non-hydrogen) atoms. The van der Waals surface area contributed by atoms with Gasteiger partial charge in [0.15, 0.2) is 0 Å². The maximum atomic E-state index is 9.65. The molecule has 7 nitrogen and oxygen atoms in total. The molecule has 0 fully saturated rings. The molecule has 9 heteroatoms. The summed E-state index contributed by atoms with van der Waals surface area (Å²) < 4.78 is 0.194. The molecule has 132 valence electrons. The van der Waals surface area contributed by atoms with Gasteiger partial charge < -0.3 is 36.6 Å². The summed E-state index contributed by atoms with van der Waals surface area (Å²) in [5.74, 6) is 0. The van der Waals surface area contributed by atoms with Gasteiger partial charge in [-0.3, -0.25) is 0 Å². The van der Waals surface area contributed by atoms with Crippen molar-refractivity contribution in [3.05, 3.63) is 35.9 Å². The number of benzene rings is 1. The van der Waals surface area contributed by atoms with E-state index < -0.39 is 31.0 Å². The summed E-state index contributed by atoms with van der Waals surface area (Å²) in [4.78, 5) is 0. The quantitative estimate of drug-likeness (QED) is 0.203. The first kappa shape index (κ1) is 22.2. The molecule has 0 aliphatic rings. The van der Waals surface area contributed by atoms with Crippen LogP contribution in [0.1, 0.15) is 5.56 Å². The van der Waals surface area contributed by atoms with Crippen molar-refractivity contribution in [1.29, 1.82) is 0 Å². The van der Waals surface area contributed by atoms with Crippen LogP contribution in [-0.4, -0.2) is 67.4 Å². The molecule has 0 aromatic heterocycles. The molecule has 0 saturated carbocycles. The third-order valence-corrected chi connectivity index (χ3v) is 2.85. The number of thiocarbonyl (C=S) groups is 1. The first-order valence-corrected chi connectivity index (χ1v) is 7.71. The highest BCUT2D eigenvalue weighted by Gasteiger charge is 2.29.